The lowest BCUT2D eigenvalue weighted by Crippen LogP contribution is -2.22. The van der Waals surface area contributed by atoms with E-state index in [1.807, 2.05) is 0 Å². The minimum atomic E-state index is -1.07. The standard InChI is InChI=1S/C18H13ClO5/c1-10(18(21)22)23-13-6-7-14-15(9-13)24-16(17(14)20)8-11-2-4-12(19)5-3-11/h2-10H,1H3,(H,21,22)/t10-/m0/s1. The number of Topliss-reactive ketones (excluding diaryl/α,β-unsaturated/α-hetero) is 1. The number of allylic oxidation sites excluding steroid dienone is 1. The number of halogens is 1. The minimum Gasteiger partial charge on any atom is -0.479 e. The van der Waals surface area contributed by atoms with Gasteiger partial charge in [0.25, 0.3) is 0 Å². The molecule has 0 bridgehead atoms. The third-order valence-electron chi connectivity index (χ3n) is 3.47. The van der Waals surface area contributed by atoms with Gasteiger partial charge in [-0.05, 0) is 42.8 Å². The van der Waals surface area contributed by atoms with Gasteiger partial charge in [-0.1, -0.05) is 23.7 Å². The third kappa shape index (κ3) is 3.26. The molecule has 5 nitrogen and oxygen atoms in total. The first-order valence-corrected chi connectivity index (χ1v) is 7.55. The molecule has 122 valence electrons. The average molecular weight is 345 g/mol. The molecular weight excluding hydrogens is 332 g/mol. The molecule has 0 saturated heterocycles. The summed E-state index contributed by atoms with van der Waals surface area (Å²) in [6, 6.07) is 11.6. The molecule has 1 heterocycles. The Morgan fingerprint density at radius 2 is 1.96 bits per heavy atom. The Balaban J connectivity index is 1.84. The number of fused-ring (bicyclic) bond motifs is 1. The molecular formula is C18H13ClO5. The van der Waals surface area contributed by atoms with Crippen molar-refractivity contribution < 1.29 is 24.2 Å². The van der Waals surface area contributed by atoms with E-state index in [1.165, 1.54) is 13.0 Å². The zero-order valence-corrected chi connectivity index (χ0v) is 13.4. The number of ether oxygens (including phenoxy) is 2. The van der Waals surface area contributed by atoms with Crippen molar-refractivity contribution in [2.24, 2.45) is 0 Å². The predicted molar refractivity (Wildman–Crippen MR) is 88.6 cm³/mol. The number of carbonyl (C=O) groups is 2. The SMILES string of the molecule is C[C@H](Oc1ccc2c(c1)OC(=Cc1ccc(Cl)cc1)C2=O)C(=O)O. The molecule has 2 aromatic rings. The first kappa shape index (κ1) is 16.1. The summed E-state index contributed by atoms with van der Waals surface area (Å²) >= 11 is 5.84. The van der Waals surface area contributed by atoms with E-state index in [1.54, 1.807) is 42.5 Å². The van der Waals surface area contributed by atoms with Crippen LogP contribution < -0.4 is 9.47 Å². The second kappa shape index (κ2) is 6.37. The van der Waals surface area contributed by atoms with Gasteiger partial charge in [0.2, 0.25) is 5.78 Å². The van der Waals surface area contributed by atoms with Crippen molar-refractivity contribution in [3.8, 4) is 11.5 Å². The maximum atomic E-state index is 12.4. The van der Waals surface area contributed by atoms with E-state index in [0.717, 1.165) is 5.56 Å². The molecule has 1 aliphatic heterocycles. The Morgan fingerprint density at radius 1 is 1.25 bits per heavy atom. The van der Waals surface area contributed by atoms with Crippen LogP contribution in [-0.4, -0.2) is 23.0 Å². The van der Waals surface area contributed by atoms with Crippen molar-refractivity contribution in [1.29, 1.82) is 0 Å². The Morgan fingerprint density at radius 3 is 2.62 bits per heavy atom. The predicted octanol–water partition coefficient (Wildman–Crippen LogP) is 3.81. The van der Waals surface area contributed by atoms with Gasteiger partial charge in [0, 0.05) is 11.1 Å². The van der Waals surface area contributed by atoms with E-state index in [9.17, 15) is 9.59 Å². The largest absolute Gasteiger partial charge is 0.479 e. The number of rotatable bonds is 4. The molecule has 0 amide bonds. The highest BCUT2D eigenvalue weighted by Gasteiger charge is 2.28. The number of aliphatic carboxylic acids is 1. The molecule has 0 aromatic heterocycles. The number of carboxylic acid groups (broad SMARTS) is 1. The van der Waals surface area contributed by atoms with Crippen molar-refractivity contribution in [2.45, 2.75) is 13.0 Å². The maximum absolute atomic E-state index is 12.4. The van der Waals surface area contributed by atoms with Crippen LogP contribution in [0.1, 0.15) is 22.8 Å². The van der Waals surface area contributed by atoms with Crippen LogP contribution in [0.3, 0.4) is 0 Å². The fraction of sp³-hybridized carbons (Fsp3) is 0.111. The minimum absolute atomic E-state index is 0.191. The molecule has 24 heavy (non-hydrogen) atoms. The van der Waals surface area contributed by atoms with Crippen molar-refractivity contribution in [2.75, 3.05) is 0 Å². The lowest BCUT2D eigenvalue weighted by Gasteiger charge is -2.10. The summed E-state index contributed by atoms with van der Waals surface area (Å²) in [6.07, 6.45) is 0.628. The summed E-state index contributed by atoms with van der Waals surface area (Å²) in [5.74, 6) is -0.455. The Labute approximate surface area is 143 Å². The molecule has 0 aliphatic carbocycles. The van der Waals surface area contributed by atoms with Crippen molar-refractivity contribution in [3.05, 3.63) is 64.4 Å². The van der Waals surface area contributed by atoms with Gasteiger partial charge in [0.1, 0.15) is 11.5 Å². The summed E-state index contributed by atoms with van der Waals surface area (Å²) < 4.78 is 10.9. The third-order valence-corrected chi connectivity index (χ3v) is 3.72. The zero-order chi connectivity index (χ0) is 17.3. The lowest BCUT2D eigenvalue weighted by atomic mass is 10.1. The highest BCUT2D eigenvalue weighted by atomic mass is 35.5. The molecule has 0 saturated carbocycles. The van der Waals surface area contributed by atoms with Crippen molar-refractivity contribution >= 4 is 29.4 Å². The zero-order valence-electron chi connectivity index (χ0n) is 12.7. The topological polar surface area (TPSA) is 72.8 Å². The monoisotopic (exact) mass is 344 g/mol. The number of hydrogen-bond acceptors (Lipinski definition) is 4. The summed E-state index contributed by atoms with van der Waals surface area (Å²) in [7, 11) is 0. The Bertz CT molecular complexity index is 839. The van der Waals surface area contributed by atoms with E-state index >= 15 is 0 Å². The number of hydrogen-bond donors (Lipinski definition) is 1. The second-order valence-corrected chi connectivity index (χ2v) is 5.68. The Kier molecular flexibility index (Phi) is 4.27. The number of carboxylic acids is 1. The van der Waals surface area contributed by atoms with Crippen LogP contribution in [0.2, 0.25) is 5.02 Å². The van der Waals surface area contributed by atoms with Gasteiger partial charge in [-0.3, -0.25) is 4.79 Å². The highest BCUT2D eigenvalue weighted by Crippen LogP contribution is 2.35. The van der Waals surface area contributed by atoms with E-state index in [0.29, 0.717) is 22.1 Å². The van der Waals surface area contributed by atoms with Gasteiger partial charge in [0.05, 0.1) is 5.56 Å². The van der Waals surface area contributed by atoms with Crippen LogP contribution in [0.5, 0.6) is 11.5 Å². The molecule has 1 aliphatic rings. The maximum Gasteiger partial charge on any atom is 0.344 e. The lowest BCUT2D eigenvalue weighted by molar-refractivity contribution is -0.144. The molecule has 0 spiro atoms. The van der Waals surface area contributed by atoms with E-state index in [-0.39, 0.29) is 11.5 Å². The molecule has 1 atom stereocenters. The van der Waals surface area contributed by atoms with Crippen molar-refractivity contribution in [3.63, 3.8) is 0 Å². The van der Waals surface area contributed by atoms with Crippen LogP contribution >= 0.6 is 11.6 Å². The molecule has 1 N–H and O–H groups in total. The summed E-state index contributed by atoms with van der Waals surface area (Å²) in [6.45, 7) is 1.42. The number of carbonyl (C=O) groups excluding carboxylic acids is 1. The van der Waals surface area contributed by atoms with Gasteiger partial charge >= 0.3 is 5.97 Å². The average Bonchev–Trinajstić information content (AvgIpc) is 2.85. The van der Waals surface area contributed by atoms with Gasteiger partial charge in [0.15, 0.2) is 11.9 Å². The van der Waals surface area contributed by atoms with E-state index in [4.69, 9.17) is 26.2 Å². The first-order valence-electron chi connectivity index (χ1n) is 7.17. The van der Waals surface area contributed by atoms with Gasteiger partial charge in [-0.25, -0.2) is 4.79 Å². The summed E-state index contributed by atoms with van der Waals surface area (Å²) in [5.41, 5.74) is 1.19. The molecule has 2 aromatic carbocycles. The van der Waals surface area contributed by atoms with Gasteiger partial charge in [-0.15, -0.1) is 0 Å². The first-order chi connectivity index (χ1) is 11.4. The fourth-order valence-corrected chi connectivity index (χ4v) is 2.33. The molecule has 0 fully saturated rings. The van der Waals surface area contributed by atoms with E-state index in [2.05, 4.69) is 0 Å². The molecule has 3 rings (SSSR count). The van der Waals surface area contributed by atoms with Gasteiger partial charge < -0.3 is 14.6 Å². The summed E-state index contributed by atoms with van der Waals surface area (Å²) in [5, 5.41) is 9.48. The normalized spacial score (nSPS) is 15.8. The van der Waals surface area contributed by atoms with Crippen LogP contribution in [0, 0.1) is 0 Å². The fourth-order valence-electron chi connectivity index (χ4n) is 2.21. The number of ketones is 1. The van der Waals surface area contributed by atoms with Crippen LogP contribution in [0.25, 0.3) is 6.08 Å². The second-order valence-electron chi connectivity index (χ2n) is 5.25. The number of benzene rings is 2. The van der Waals surface area contributed by atoms with Crippen LogP contribution in [-0.2, 0) is 4.79 Å². The molecule has 6 heteroatoms. The van der Waals surface area contributed by atoms with Crippen LogP contribution in [0.15, 0.2) is 48.2 Å². The quantitative estimate of drug-likeness (QED) is 0.854. The molecule has 0 unspecified atom stereocenters. The Hall–Kier alpha value is -2.79. The van der Waals surface area contributed by atoms with Gasteiger partial charge in [-0.2, -0.15) is 0 Å². The summed E-state index contributed by atoms with van der Waals surface area (Å²) in [4.78, 5) is 23.2. The van der Waals surface area contributed by atoms with Crippen LogP contribution in [0.4, 0.5) is 0 Å². The molecule has 0 radical (unpaired) electrons. The van der Waals surface area contributed by atoms with Crippen molar-refractivity contribution in [1.82, 2.24) is 0 Å². The highest BCUT2D eigenvalue weighted by molar-refractivity contribution is 6.30. The smallest absolute Gasteiger partial charge is 0.344 e. The van der Waals surface area contributed by atoms with E-state index < -0.39 is 12.1 Å².